The first-order chi connectivity index (χ1) is 20.5. The summed E-state index contributed by atoms with van der Waals surface area (Å²) in [4.78, 5) is 33.2. The van der Waals surface area contributed by atoms with Gasteiger partial charge in [-0.2, -0.15) is 5.10 Å². The molecule has 0 unspecified atom stereocenters. The molecule has 5 aromatic rings. The van der Waals surface area contributed by atoms with Gasteiger partial charge in [0, 0.05) is 22.2 Å². The van der Waals surface area contributed by atoms with Gasteiger partial charge in [0.2, 0.25) is 0 Å². The van der Waals surface area contributed by atoms with Gasteiger partial charge in [-0.3, -0.25) is 9.36 Å². The molecule has 10 heteroatoms. The van der Waals surface area contributed by atoms with Crippen molar-refractivity contribution < 1.29 is 14.3 Å². The first kappa shape index (κ1) is 27.6. The van der Waals surface area contributed by atoms with E-state index in [1.807, 2.05) is 96.0 Å². The molecule has 212 valence electrons. The highest BCUT2D eigenvalue weighted by molar-refractivity contribution is 7.10. The van der Waals surface area contributed by atoms with Crippen molar-refractivity contribution in [2.24, 2.45) is 4.99 Å². The van der Waals surface area contributed by atoms with Crippen molar-refractivity contribution in [1.82, 2.24) is 14.3 Å². The number of hydrogen-bond donors (Lipinski definition) is 0. The van der Waals surface area contributed by atoms with Crippen LogP contribution in [0.2, 0.25) is 0 Å². The number of thiazole rings is 1. The molecule has 1 aliphatic heterocycles. The summed E-state index contributed by atoms with van der Waals surface area (Å²) in [5.41, 5.74) is 4.00. The predicted octanol–water partition coefficient (Wildman–Crippen LogP) is 5.11. The molecule has 1 atom stereocenters. The molecule has 0 bridgehead atoms. The van der Waals surface area contributed by atoms with Gasteiger partial charge in [-0.25, -0.2) is 14.5 Å². The predicted molar refractivity (Wildman–Crippen MR) is 165 cm³/mol. The Labute approximate surface area is 250 Å². The number of rotatable bonds is 8. The van der Waals surface area contributed by atoms with E-state index in [0.717, 1.165) is 33.1 Å². The van der Waals surface area contributed by atoms with Crippen LogP contribution in [0.4, 0.5) is 0 Å². The highest BCUT2D eigenvalue weighted by Gasteiger charge is 2.34. The molecule has 0 spiro atoms. The van der Waals surface area contributed by atoms with Crippen LogP contribution >= 0.6 is 22.7 Å². The van der Waals surface area contributed by atoms with E-state index in [0.29, 0.717) is 27.2 Å². The Bertz CT molecular complexity index is 1950. The second kappa shape index (κ2) is 11.8. The van der Waals surface area contributed by atoms with E-state index in [1.54, 1.807) is 18.4 Å². The van der Waals surface area contributed by atoms with E-state index in [-0.39, 0.29) is 12.2 Å². The summed E-state index contributed by atoms with van der Waals surface area (Å²) >= 11 is 2.79. The molecule has 0 amide bonds. The summed E-state index contributed by atoms with van der Waals surface area (Å²) in [6.45, 7) is 6.32. The summed E-state index contributed by atoms with van der Waals surface area (Å²) in [6.07, 6.45) is 3.78. The monoisotopic (exact) mass is 596 g/mol. The maximum absolute atomic E-state index is 14.1. The minimum absolute atomic E-state index is 0.225. The Morgan fingerprint density at radius 3 is 2.50 bits per heavy atom. The third-order valence-corrected chi connectivity index (χ3v) is 8.73. The number of carbonyl (C=O) groups excluding carboxylic acids is 1. The molecule has 2 aromatic carbocycles. The zero-order chi connectivity index (χ0) is 29.2. The molecule has 1 aliphatic rings. The van der Waals surface area contributed by atoms with Crippen molar-refractivity contribution >= 4 is 34.7 Å². The lowest BCUT2D eigenvalue weighted by Crippen LogP contribution is -2.39. The Morgan fingerprint density at radius 2 is 1.81 bits per heavy atom. The topological polar surface area (TPSA) is 87.7 Å². The molecule has 0 saturated heterocycles. The lowest BCUT2D eigenvalue weighted by Gasteiger charge is -2.23. The van der Waals surface area contributed by atoms with Crippen molar-refractivity contribution in [1.29, 1.82) is 0 Å². The molecule has 3 aromatic heterocycles. The standard InChI is InChI=1S/C32H28N4O4S2/c1-4-39-24-15-13-21(14-16-24)28-22(19-35(34-28)23-10-7-6-8-11-23)18-26-30(37)36-29(25-12-9-17-41-25)27(31(38)40-5-2)20(3)33-32(36)42-26/h6-19,29H,4-5H2,1-3H3/b26-18-/t29-/m0/s1. The third-order valence-electron chi connectivity index (χ3n) is 6.82. The number of benzene rings is 2. The summed E-state index contributed by atoms with van der Waals surface area (Å²) in [6, 6.07) is 20.8. The number of fused-ring (bicyclic) bond motifs is 1. The highest BCUT2D eigenvalue weighted by Crippen LogP contribution is 2.33. The van der Waals surface area contributed by atoms with Crippen LogP contribution in [0.25, 0.3) is 23.0 Å². The van der Waals surface area contributed by atoms with Gasteiger partial charge in [0.1, 0.15) is 17.5 Å². The fourth-order valence-electron chi connectivity index (χ4n) is 4.95. The number of thiophene rings is 1. The van der Waals surface area contributed by atoms with Gasteiger partial charge in [0.05, 0.1) is 34.7 Å². The second-order valence-corrected chi connectivity index (χ2v) is 11.5. The quantitative estimate of drug-likeness (QED) is 0.232. The van der Waals surface area contributed by atoms with Crippen LogP contribution in [0.3, 0.4) is 0 Å². The van der Waals surface area contributed by atoms with Crippen LogP contribution < -0.4 is 19.6 Å². The van der Waals surface area contributed by atoms with Crippen LogP contribution in [0.15, 0.2) is 99.4 Å². The number of esters is 1. The molecule has 4 heterocycles. The number of hydrogen-bond acceptors (Lipinski definition) is 8. The molecular weight excluding hydrogens is 569 g/mol. The summed E-state index contributed by atoms with van der Waals surface area (Å²) < 4.78 is 14.9. The minimum atomic E-state index is -0.611. The van der Waals surface area contributed by atoms with Crippen LogP contribution in [0, 0.1) is 0 Å². The number of allylic oxidation sites excluding steroid dienone is 1. The Morgan fingerprint density at radius 1 is 1.02 bits per heavy atom. The summed E-state index contributed by atoms with van der Waals surface area (Å²) in [5.74, 6) is 0.313. The lowest BCUT2D eigenvalue weighted by molar-refractivity contribution is -0.139. The molecule has 0 fully saturated rings. The van der Waals surface area contributed by atoms with E-state index in [2.05, 4.69) is 4.99 Å². The number of carbonyl (C=O) groups is 1. The maximum Gasteiger partial charge on any atom is 0.338 e. The van der Waals surface area contributed by atoms with Gasteiger partial charge in [0.25, 0.3) is 5.56 Å². The second-order valence-electron chi connectivity index (χ2n) is 9.49. The van der Waals surface area contributed by atoms with E-state index in [1.165, 1.54) is 22.7 Å². The van der Waals surface area contributed by atoms with E-state index < -0.39 is 12.0 Å². The molecule has 0 aliphatic carbocycles. The average Bonchev–Trinajstić information content (AvgIpc) is 3.74. The Kier molecular flexibility index (Phi) is 7.73. The fraction of sp³-hybridized carbons (Fsp3) is 0.188. The van der Waals surface area contributed by atoms with E-state index in [4.69, 9.17) is 14.6 Å². The molecule has 0 N–H and O–H groups in total. The number of nitrogens with zero attached hydrogens (tertiary/aromatic N) is 4. The Hall–Kier alpha value is -4.54. The lowest BCUT2D eigenvalue weighted by atomic mass is 10.0. The van der Waals surface area contributed by atoms with Crippen molar-refractivity contribution in [2.75, 3.05) is 13.2 Å². The van der Waals surface area contributed by atoms with Gasteiger partial charge in [-0.05, 0) is 74.7 Å². The fourth-order valence-corrected chi connectivity index (χ4v) is 6.82. The SMILES string of the molecule is CCOC(=O)C1=C(C)N=c2s/c(=C\c3cn(-c4ccccc4)nc3-c3ccc(OCC)cc3)c(=O)n2[C@H]1c1cccs1. The molecule has 0 saturated carbocycles. The zero-order valence-corrected chi connectivity index (χ0v) is 24.9. The normalized spacial score (nSPS) is 14.9. The van der Waals surface area contributed by atoms with Crippen molar-refractivity contribution in [2.45, 2.75) is 26.8 Å². The van der Waals surface area contributed by atoms with Crippen LogP contribution in [0.5, 0.6) is 5.75 Å². The molecular formula is C32H28N4O4S2. The zero-order valence-electron chi connectivity index (χ0n) is 23.3. The van der Waals surface area contributed by atoms with Crippen molar-refractivity contribution in [3.63, 3.8) is 0 Å². The summed E-state index contributed by atoms with van der Waals surface area (Å²) in [7, 11) is 0. The van der Waals surface area contributed by atoms with Gasteiger partial charge in [0.15, 0.2) is 4.80 Å². The molecule has 42 heavy (non-hydrogen) atoms. The van der Waals surface area contributed by atoms with Gasteiger partial charge in [-0.1, -0.05) is 35.6 Å². The number of ether oxygens (including phenoxy) is 2. The van der Waals surface area contributed by atoms with Crippen LogP contribution in [0.1, 0.15) is 37.3 Å². The first-order valence-electron chi connectivity index (χ1n) is 13.6. The van der Waals surface area contributed by atoms with Gasteiger partial charge < -0.3 is 9.47 Å². The minimum Gasteiger partial charge on any atom is -0.494 e. The number of para-hydroxylation sites is 1. The number of aromatic nitrogens is 3. The largest absolute Gasteiger partial charge is 0.494 e. The molecule has 0 radical (unpaired) electrons. The van der Waals surface area contributed by atoms with Crippen molar-refractivity contribution in [3.8, 4) is 22.7 Å². The van der Waals surface area contributed by atoms with Crippen LogP contribution in [-0.4, -0.2) is 33.5 Å². The highest BCUT2D eigenvalue weighted by atomic mass is 32.1. The Balaban J connectivity index is 1.52. The molecule has 8 nitrogen and oxygen atoms in total. The van der Waals surface area contributed by atoms with E-state index >= 15 is 0 Å². The first-order valence-corrected chi connectivity index (χ1v) is 15.3. The van der Waals surface area contributed by atoms with Crippen molar-refractivity contribution in [3.05, 3.63) is 120 Å². The smallest absolute Gasteiger partial charge is 0.338 e. The third kappa shape index (κ3) is 5.15. The van der Waals surface area contributed by atoms with Crippen LogP contribution in [-0.2, 0) is 9.53 Å². The average molecular weight is 597 g/mol. The summed E-state index contributed by atoms with van der Waals surface area (Å²) in [5, 5.41) is 6.84. The maximum atomic E-state index is 14.1. The van der Waals surface area contributed by atoms with E-state index in [9.17, 15) is 9.59 Å². The van der Waals surface area contributed by atoms with Gasteiger partial charge >= 0.3 is 5.97 Å². The molecule has 6 rings (SSSR count). The van der Waals surface area contributed by atoms with Gasteiger partial charge in [-0.15, -0.1) is 11.3 Å².